The van der Waals surface area contributed by atoms with E-state index in [1.54, 1.807) is 31.2 Å². The van der Waals surface area contributed by atoms with Crippen LogP contribution in [-0.4, -0.2) is 11.6 Å². The zero-order valence-corrected chi connectivity index (χ0v) is 10.7. The van der Waals surface area contributed by atoms with E-state index in [2.05, 4.69) is 15.0 Å². The van der Waals surface area contributed by atoms with Crippen molar-refractivity contribution < 1.29 is 17.9 Å². The molecule has 2 rings (SSSR count). The van der Waals surface area contributed by atoms with Crippen molar-refractivity contribution in [3.63, 3.8) is 0 Å². The molecular formula is C14H13F3N2O. The van der Waals surface area contributed by atoms with Crippen molar-refractivity contribution in [1.29, 1.82) is 0 Å². The van der Waals surface area contributed by atoms with Crippen LogP contribution in [-0.2, 0) is 0 Å². The molecule has 1 atom stereocenters. The van der Waals surface area contributed by atoms with E-state index in [4.69, 9.17) is 0 Å². The summed E-state index contributed by atoms with van der Waals surface area (Å²) < 4.78 is 42.1. The summed E-state index contributed by atoms with van der Waals surface area (Å²) >= 11 is 0. The number of anilines is 1. The number of benzene rings is 1. The van der Waals surface area contributed by atoms with E-state index in [9.17, 15) is 13.2 Å². The van der Waals surface area contributed by atoms with Gasteiger partial charge in [-0.2, -0.15) is 13.2 Å². The zero-order valence-electron chi connectivity index (χ0n) is 10.7. The highest BCUT2D eigenvalue weighted by Gasteiger charge is 2.14. The van der Waals surface area contributed by atoms with Crippen molar-refractivity contribution in [3.8, 4) is 5.75 Å². The third-order valence-electron chi connectivity index (χ3n) is 2.68. The van der Waals surface area contributed by atoms with E-state index >= 15 is 0 Å². The lowest BCUT2D eigenvalue weighted by molar-refractivity contribution is -0.0505. The lowest BCUT2D eigenvalue weighted by atomic mass is 10.1. The van der Waals surface area contributed by atoms with E-state index in [0.717, 1.165) is 0 Å². The number of hydrogen-bond acceptors (Lipinski definition) is 3. The van der Waals surface area contributed by atoms with Crippen molar-refractivity contribution in [2.75, 3.05) is 5.32 Å². The molecule has 0 radical (unpaired) electrons. The predicted molar refractivity (Wildman–Crippen MR) is 69.3 cm³/mol. The molecule has 0 saturated carbocycles. The number of nitrogens with zero attached hydrogens (tertiary/aromatic N) is 1. The monoisotopic (exact) mass is 282 g/mol. The third kappa shape index (κ3) is 3.63. The summed E-state index contributed by atoms with van der Waals surface area (Å²) in [6.45, 7) is -1.14. The molecular weight excluding hydrogens is 269 g/mol. The summed E-state index contributed by atoms with van der Waals surface area (Å²) in [7, 11) is 0. The van der Waals surface area contributed by atoms with Gasteiger partial charge in [-0.05, 0) is 25.1 Å². The maximum Gasteiger partial charge on any atom is 0.387 e. The fourth-order valence-electron chi connectivity index (χ4n) is 1.83. The molecule has 0 spiro atoms. The number of rotatable bonds is 5. The number of ether oxygens (including phenoxy) is 1. The summed E-state index contributed by atoms with van der Waals surface area (Å²) in [5.41, 5.74) is 0.541. The highest BCUT2D eigenvalue weighted by atomic mass is 19.3. The minimum atomic E-state index is -2.89. The van der Waals surface area contributed by atoms with Gasteiger partial charge in [-0.1, -0.05) is 24.3 Å². The summed E-state index contributed by atoms with van der Waals surface area (Å²) in [6, 6.07) is 10.4. The van der Waals surface area contributed by atoms with E-state index in [0.29, 0.717) is 11.4 Å². The number of nitrogens with one attached hydrogen (secondary N) is 1. The highest BCUT2D eigenvalue weighted by molar-refractivity contribution is 5.42. The Morgan fingerprint density at radius 2 is 1.85 bits per heavy atom. The predicted octanol–water partition coefficient (Wildman–Crippen LogP) is 4.00. The normalized spacial score (nSPS) is 12.2. The quantitative estimate of drug-likeness (QED) is 0.842. The summed E-state index contributed by atoms with van der Waals surface area (Å²) in [6.07, 6.45) is 0. The second-order valence-electron chi connectivity index (χ2n) is 4.13. The molecule has 20 heavy (non-hydrogen) atoms. The van der Waals surface area contributed by atoms with Crippen LogP contribution in [0.15, 0.2) is 42.5 Å². The molecule has 0 fully saturated rings. The molecule has 0 aliphatic heterocycles. The summed E-state index contributed by atoms with van der Waals surface area (Å²) in [5, 5.41) is 2.94. The van der Waals surface area contributed by atoms with Gasteiger partial charge in [0.2, 0.25) is 5.95 Å². The number of alkyl halides is 2. The zero-order chi connectivity index (χ0) is 14.5. The van der Waals surface area contributed by atoms with Crippen LogP contribution in [0.4, 0.5) is 19.0 Å². The molecule has 1 aromatic heterocycles. The molecule has 2 aromatic rings. The Bertz CT molecular complexity index is 578. The van der Waals surface area contributed by atoms with Gasteiger partial charge in [0.25, 0.3) is 0 Å². The average molecular weight is 282 g/mol. The Hall–Kier alpha value is -2.24. The standard InChI is InChI=1S/C14H13F3N2O/c1-9(18-13-8-4-7-12(15)19-13)10-5-2-3-6-11(10)20-14(16)17/h2-9,14H,1H3,(H,18,19). The van der Waals surface area contributed by atoms with Crippen molar-refractivity contribution >= 4 is 5.82 Å². The lowest BCUT2D eigenvalue weighted by Gasteiger charge is -2.18. The van der Waals surface area contributed by atoms with Crippen LogP contribution in [0.25, 0.3) is 0 Å². The van der Waals surface area contributed by atoms with Crippen molar-refractivity contribution in [1.82, 2.24) is 4.98 Å². The molecule has 0 aliphatic rings. The topological polar surface area (TPSA) is 34.2 Å². The number of para-hydroxylation sites is 1. The Morgan fingerprint density at radius 3 is 2.55 bits per heavy atom. The molecule has 0 amide bonds. The number of hydrogen-bond donors (Lipinski definition) is 1. The molecule has 0 saturated heterocycles. The summed E-state index contributed by atoms with van der Waals surface area (Å²) in [5.74, 6) is -0.206. The second-order valence-corrected chi connectivity index (χ2v) is 4.13. The number of aromatic nitrogens is 1. The Labute approximate surface area is 114 Å². The molecule has 1 heterocycles. The van der Waals surface area contributed by atoms with Gasteiger partial charge >= 0.3 is 6.61 Å². The van der Waals surface area contributed by atoms with Gasteiger partial charge < -0.3 is 10.1 Å². The lowest BCUT2D eigenvalue weighted by Crippen LogP contribution is -2.12. The van der Waals surface area contributed by atoms with Gasteiger partial charge in [0.1, 0.15) is 11.6 Å². The molecule has 6 heteroatoms. The van der Waals surface area contributed by atoms with E-state index in [1.807, 2.05) is 0 Å². The molecule has 1 aromatic carbocycles. The average Bonchev–Trinajstić information content (AvgIpc) is 2.38. The van der Waals surface area contributed by atoms with Crippen LogP contribution in [0.1, 0.15) is 18.5 Å². The molecule has 0 bridgehead atoms. The number of pyridine rings is 1. The van der Waals surface area contributed by atoms with Gasteiger partial charge in [0.05, 0.1) is 6.04 Å². The smallest absolute Gasteiger partial charge is 0.387 e. The molecule has 106 valence electrons. The first-order chi connectivity index (χ1) is 9.56. The van der Waals surface area contributed by atoms with Crippen LogP contribution < -0.4 is 10.1 Å². The van der Waals surface area contributed by atoms with Gasteiger partial charge in [-0.3, -0.25) is 0 Å². The van der Waals surface area contributed by atoms with E-state index < -0.39 is 12.6 Å². The minimum Gasteiger partial charge on any atom is -0.434 e. The van der Waals surface area contributed by atoms with Crippen molar-refractivity contribution in [2.45, 2.75) is 19.6 Å². The largest absolute Gasteiger partial charge is 0.434 e. The van der Waals surface area contributed by atoms with Crippen LogP contribution >= 0.6 is 0 Å². The third-order valence-corrected chi connectivity index (χ3v) is 2.68. The van der Waals surface area contributed by atoms with E-state index in [1.165, 1.54) is 18.2 Å². The van der Waals surface area contributed by atoms with Crippen LogP contribution in [0.5, 0.6) is 5.75 Å². The van der Waals surface area contributed by atoms with Crippen LogP contribution in [0.2, 0.25) is 0 Å². The highest BCUT2D eigenvalue weighted by Crippen LogP contribution is 2.28. The van der Waals surface area contributed by atoms with Gasteiger partial charge in [0.15, 0.2) is 0 Å². The minimum absolute atomic E-state index is 0.0823. The molecule has 1 N–H and O–H groups in total. The molecule has 1 unspecified atom stereocenters. The fourth-order valence-corrected chi connectivity index (χ4v) is 1.83. The Morgan fingerprint density at radius 1 is 1.10 bits per heavy atom. The van der Waals surface area contributed by atoms with Gasteiger partial charge in [-0.15, -0.1) is 0 Å². The number of halogens is 3. The van der Waals surface area contributed by atoms with Crippen molar-refractivity contribution in [3.05, 3.63) is 54.0 Å². The molecule has 3 nitrogen and oxygen atoms in total. The maximum atomic E-state index is 13.0. The first-order valence-corrected chi connectivity index (χ1v) is 5.99. The van der Waals surface area contributed by atoms with Gasteiger partial charge in [0, 0.05) is 5.56 Å². The first-order valence-electron chi connectivity index (χ1n) is 5.99. The Kier molecular flexibility index (Phi) is 4.45. The SMILES string of the molecule is CC(Nc1cccc(F)n1)c1ccccc1OC(F)F. The fraction of sp³-hybridized carbons (Fsp3) is 0.214. The van der Waals surface area contributed by atoms with Crippen LogP contribution in [0, 0.1) is 5.95 Å². The van der Waals surface area contributed by atoms with Gasteiger partial charge in [-0.25, -0.2) is 4.98 Å². The van der Waals surface area contributed by atoms with Crippen molar-refractivity contribution in [2.24, 2.45) is 0 Å². The van der Waals surface area contributed by atoms with Crippen LogP contribution in [0.3, 0.4) is 0 Å². The Balaban J connectivity index is 2.18. The summed E-state index contributed by atoms with van der Waals surface area (Å²) in [4.78, 5) is 3.66. The first kappa shape index (κ1) is 14.2. The van der Waals surface area contributed by atoms with E-state index in [-0.39, 0.29) is 11.8 Å². The molecule has 0 aliphatic carbocycles. The maximum absolute atomic E-state index is 13.0. The second kappa shape index (κ2) is 6.27.